The topological polar surface area (TPSA) is 94.8 Å². The van der Waals surface area contributed by atoms with E-state index in [1.54, 1.807) is 30.3 Å². The first kappa shape index (κ1) is 23.7. The quantitative estimate of drug-likeness (QED) is 0.274. The zero-order chi connectivity index (χ0) is 23.9. The molecule has 0 aliphatic heterocycles. The van der Waals surface area contributed by atoms with E-state index in [0.717, 1.165) is 22.6 Å². The number of nitrogens with one attached hydrogen (secondary N) is 1. The van der Waals surface area contributed by atoms with Gasteiger partial charge in [0, 0.05) is 29.7 Å². The van der Waals surface area contributed by atoms with E-state index in [-0.39, 0.29) is 11.6 Å². The molecule has 0 aliphatic carbocycles. The van der Waals surface area contributed by atoms with E-state index in [1.807, 2.05) is 49.4 Å². The standard InChI is InChI=1S/C24H23ClN6O2S/c1-16-7-8-18(14-20(16)25)31-21(15-34-24-27-10-4-11-28-24)22(29-30-31)23(32)26-12-9-17-5-3-6-19(13-17)33-2/h3-8,10-11,13-14H,9,12,15H2,1-2H3,(H,26,32). The fourth-order valence-corrected chi connectivity index (χ4v) is 4.22. The van der Waals surface area contributed by atoms with Crippen molar-refractivity contribution in [1.82, 2.24) is 30.3 Å². The van der Waals surface area contributed by atoms with Crippen LogP contribution in [0.4, 0.5) is 0 Å². The number of aryl methyl sites for hydroxylation is 1. The largest absolute Gasteiger partial charge is 0.497 e. The van der Waals surface area contributed by atoms with Gasteiger partial charge in [-0.25, -0.2) is 14.6 Å². The van der Waals surface area contributed by atoms with E-state index in [0.29, 0.717) is 34.6 Å². The second-order valence-corrected chi connectivity index (χ2v) is 8.76. The summed E-state index contributed by atoms with van der Waals surface area (Å²) in [5.41, 5.74) is 3.63. The zero-order valence-corrected chi connectivity index (χ0v) is 20.3. The molecule has 4 aromatic rings. The van der Waals surface area contributed by atoms with Crippen molar-refractivity contribution in [1.29, 1.82) is 0 Å². The summed E-state index contributed by atoms with van der Waals surface area (Å²) in [5.74, 6) is 0.893. The molecule has 0 atom stereocenters. The maximum atomic E-state index is 13.0. The lowest BCUT2D eigenvalue weighted by Gasteiger charge is -2.10. The summed E-state index contributed by atoms with van der Waals surface area (Å²) >= 11 is 7.73. The van der Waals surface area contributed by atoms with E-state index in [2.05, 4.69) is 25.6 Å². The summed E-state index contributed by atoms with van der Waals surface area (Å²) < 4.78 is 6.90. The molecule has 0 radical (unpaired) electrons. The molecule has 1 amide bonds. The Morgan fingerprint density at radius 3 is 2.74 bits per heavy atom. The number of hydrogen-bond acceptors (Lipinski definition) is 7. The van der Waals surface area contributed by atoms with Crippen LogP contribution in [0.3, 0.4) is 0 Å². The van der Waals surface area contributed by atoms with Gasteiger partial charge in [0.15, 0.2) is 10.9 Å². The van der Waals surface area contributed by atoms with Gasteiger partial charge in [-0.3, -0.25) is 4.79 Å². The van der Waals surface area contributed by atoms with Gasteiger partial charge in [-0.15, -0.1) is 5.10 Å². The number of amides is 1. The maximum Gasteiger partial charge on any atom is 0.273 e. The molecule has 0 unspecified atom stereocenters. The van der Waals surface area contributed by atoms with Crippen LogP contribution in [0.25, 0.3) is 5.69 Å². The van der Waals surface area contributed by atoms with Gasteiger partial charge in [0.05, 0.1) is 18.5 Å². The minimum Gasteiger partial charge on any atom is -0.497 e. The van der Waals surface area contributed by atoms with Crippen molar-refractivity contribution in [2.75, 3.05) is 13.7 Å². The summed E-state index contributed by atoms with van der Waals surface area (Å²) in [5, 5.41) is 12.6. The number of ether oxygens (including phenoxy) is 1. The van der Waals surface area contributed by atoms with Crippen LogP contribution in [0.2, 0.25) is 5.02 Å². The van der Waals surface area contributed by atoms with Gasteiger partial charge in [-0.05, 0) is 54.8 Å². The van der Waals surface area contributed by atoms with E-state index in [9.17, 15) is 4.79 Å². The Balaban J connectivity index is 1.54. The highest BCUT2D eigenvalue weighted by Crippen LogP contribution is 2.25. The van der Waals surface area contributed by atoms with Gasteiger partial charge in [0.25, 0.3) is 5.91 Å². The third-order valence-electron chi connectivity index (χ3n) is 5.09. The molecule has 34 heavy (non-hydrogen) atoms. The second-order valence-electron chi connectivity index (χ2n) is 7.41. The molecule has 2 aromatic heterocycles. The fourth-order valence-electron chi connectivity index (χ4n) is 3.25. The lowest BCUT2D eigenvalue weighted by Crippen LogP contribution is -2.27. The van der Waals surface area contributed by atoms with E-state index in [4.69, 9.17) is 16.3 Å². The number of aromatic nitrogens is 5. The normalized spacial score (nSPS) is 10.8. The molecule has 2 heterocycles. The molecule has 8 nitrogen and oxygen atoms in total. The highest BCUT2D eigenvalue weighted by atomic mass is 35.5. The van der Waals surface area contributed by atoms with Crippen LogP contribution >= 0.6 is 23.4 Å². The van der Waals surface area contributed by atoms with E-state index >= 15 is 0 Å². The van der Waals surface area contributed by atoms with E-state index < -0.39 is 0 Å². The number of rotatable bonds is 9. The van der Waals surface area contributed by atoms with Crippen molar-refractivity contribution in [2.45, 2.75) is 24.3 Å². The highest BCUT2D eigenvalue weighted by molar-refractivity contribution is 7.98. The van der Waals surface area contributed by atoms with Gasteiger partial charge in [0.2, 0.25) is 0 Å². The Bertz CT molecular complexity index is 1280. The molecule has 0 fully saturated rings. The van der Waals surface area contributed by atoms with Gasteiger partial charge in [0.1, 0.15) is 5.75 Å². The third kappa shape index (κ3) is 5.73. The third-order valence-corrected chi connectivity index (χ3v) is 6.39. The average Bonchev–Trinajstić information content (AvgIpc) is 3.29. The van der Waals surface area contributed by atoms with Crippen molar-refractivity contribution >= 4 is 29.3 Å². The summed E-state index contributed by atoms with van der Waals surface area (Å²) in [6, 6.07) is 15.1. The van der Waals surface area contributed by atoms with Crippen molar-refractivity contribution in [3.8, 4) is 11.4 Å². The summed E-state index contributed by atoms with van der Waals surface area (Å²) in [7, 11) is 1.63. The summed E-state index contributed by atoms with van der Waals surface area (Å²) in [6.45, 7) is 2.38. The molecule has 10 heteroatoms. The molecule has 174 valence electrons. The smallest absolute Gasteiger partial charge is 0.273 e. The molecular formula is C24H23ClN6O2S. The molecule has 4 rings (SSSR count). The van der Waals surface area contributed by atoms with Crippen LogP contribution < -0.4 is 10.1 Å². The minimum absolute atomic E-state index is 0.255. The molecule has 1 N–H and O–H groups in total. The summed E-state index contributed by atoms with van der Waals surface area (Å²) in [6.07, 6.45) is 4.01. The second kappa shape index (κ2) is 11.1. The fraction of sp³-hybridized carbons (Fsp3) is 0.208. The first-order chi connectivity index (χ1) is 16.5. The lowest BCUT2D eigenvalue weighted by atomic mass is 10.1. The molecule has 0 spiro atoms. The van der Waals surface area contributed by atoms with Crippen LogP contribution in [0.1, 0.15) is 27.3 Å². The van der Waals surface area contributed by atoms with E-state index in [1.165, 1.54) is 11.8 Å². The molecule has 2 aromatic carbocycles. The van der Waals surface area contributed by atoms with Crippen LogP contribution in [0, 0.1) is 6.92 Å². The minimum atomic E-state index is -0.295. The monoisotopic (exact) mass is 494 g/mol. The number of carbonyl (C=O) groups excluding carboxylic acids is 1. The van der Waals surface area contributed by atoms with Crippen LogP contribution in [0.15, 0.2) is 66.1 Å². The predicted octanol–water partition coefficient (Wildman–Crippen LogP) is 4.29. The SMILES string of the molecule is COc1cccc(CCNC(=O)c2nnn(-c3ccc(C)c(Cl)c3)c2CSc2ncccn2)c1. The number of carbonyl (C=O) groups is 1. The van der Waals surface area contributed by atoms with Crippen LogP contribution in [0.5, 0.6) is 5.75 Å². The Morgan fingerprint density at radius 2 is 1.97 bits per heavy atom. The van der Waals surface area contributed by atoms with Crippen LogP contribution in [-0.4, -0.2) is 44.5 Å². The van der Waals surface area contributed by atoms with Gasteiger partial charge in [-0.1, -0.05) is 46.8 Å². The van der Waals surface area contributed by atoms with Crippen LogP contribution in [-0.2, 0) is 12.2 Å². The molecule has 0 saturated heterocycles. The predicted molar refractivity (Wildman–Crippen MR) is 132 cm³/mol. The van der Waals surface area contributed by atoms with Crippen molar-refractivity contribution < 1.29 is 9.53 Å². The Labute approximate surface area is 206 Å². The Hall–Kier alpha value is -3.43. The first-order valence-electron chi connectivity index (χ1n) is 10.6. The number of nitrogens with zero attached hydrogens (tertiary/aromatic N) is 5. The lowest BCUT2D eigenvalue weighted by molar-refractivity contribution is 0.0948. The van der Waals surface area contributed by atoms with Gasteiger partial charge < -0.3 is 10.1 Å². The van der Waals surface area contributed by atoms with Crippen molar-refractivity contribution in [2.24, 2.45) is 0 Å². The van der Waals surface area contributed by atoms with Gasteiger partial charge >= 0.3 is 0 Å². The molecule has 0 saturated carbocycles. The zero-order valence-electron chi connectivity index (χ0n) is 18.7. The number of hydrogen-bond donors (Lipinski definition) is 1. The van der Waals surface area contributed by atoms with Crippen molar-refractivity contribution in [3.05, 3.63) is 88.5 Å². The van der Waals surface area contributed by atoms with Crippen molar-refractivity contribution in [3.63, 3.8) is 0 Å². The molecular weight excluding hydrogens is 472 g/mol. The Kier molecular flexibility index (Phi) is 7.76. The molecule has 0 aliphatic rings. The molecule has 0 bridgehead atoms. The number of halogens is 1. The number of methoxy groups -OCH3 is 1. The summed E-state index contributed by atoms with van der Waals surface area (Å²) in [4.78, 5) is 21.5. The number of thioether (sulfide) groups is 1. The number of benzene rings is 2. The average molecular weight is 495 g/mol. The van der Waals surface area contributed by atoms with Gasteiger partial charge in [-0.2, -0.15) is 0 Å². The highest BCUT2D eigenvalue weighted by Gasteiger charge is 2.21. The maximum absolute atomic E-state index is 13.0. The Morgan fingerprint density at radius 1 is 1.15 bits per heavy atom. The first-order valence-corrected chi connectivity index (χ1v) is 11.9.